The van der Waals surface area contributed by atoms with E-state index in [2.05, 4.69) is 74.1 Å². The van der Waals surface area contributed by atoms with Gasteiger partial charge in [0, 0.05) is 36.7 Å². The Labute approximate surface area is 659 Å². The molecule has 0 spiro atoms. The highest BCUT2D eigenvalue weighted by Gasteiger charge is 2.49. The monoisotopic (exact) mass is 1620 g/mol. The first-order valence-corrected chi connectivity index (χ1v) is 40.5. The van der Waals surface area contributed by atoms with Crippen molar-refractivity contribution in [3.8, 4) is 0 Å². The van der Waals surface area contributed by atoms with E-state index in [1.54, 1.807) is 62.3 Å². The van der Waals surface area contributed by atoms with E-state index in [0.717, 1.165) is 21.6 Å². The van der Waals surface area contributed by atoms with Crippen LogP contribution in [0.5, 0.6) is 0 Å². The van der Waals surface area contributed by atoms with Crippen molar-refractivity contribution in [2.24, 2.45) is 39.6 Å². The van der Waals surface area contributed by atoms with Crippen LogP contribution < -0.4 is 80.6 Å². The smallest absolute Gasteiger partial charge is 0.305 e. The lowest BCUT2D eigenvalue weighted by Crippen LogP contribution is -2.64. The molecule has 0 radical (unpaired) electrons. The Morgan fingerprint density at radius 1 is 0.518 bits per heavy atom. The number of hydrogen-bond acceptors (Lipinski definition) is 22. The number of nitrogens with one attached hydrogen (secondary N) is 13. The highest BCUT2D eigenvalue weighted by atomic mass is 33.1. The zero-order valence-electron chi connectivity index (χ0n) is 65.9. The summed E-state index contributed by atoms with van der Waals surface area (Å²) < 4.78 is -1.62. The topological polar surface area (TPSA) is 581 Å². The van der Waals surface area contributed by atoms with Gasteiger partial charge >= 0.3 is 5.97 Å². The van der Waals surface area contributed by atoms with Gasteiger partial charge in [-0.3, -0.25) is 86.5 Å². The van der Waals surface area contributed by atoms with E-state index in [4.69, 9.17) is 11.5 Å². The van der Waals surface area contributed by atoms with Crippen molar-refractivity contribution in [3.05, 3.63) is 0 Å². The van der Waals surface area contributed by atoms with Gasteiger partial charge in [-0.2, -0.15) is 0 Å². The summed E-state index contributed by atoms with van der Waals surface area (Å²) in [4.78, 5) is 253. The van der Waals surface area contributed by atoms with Gasteiger partial charge in [0.05, 0.1) is 32.7 Å². The standard InChI is InChI=1S/C71H117N19O20S2/c1-13-35(4)51-63(105)83-44-34-111-112-71(11,12)54(65(107)86-53(37(6)15-3)68(110)89-26-18-21-45(89)61(103)79-40(28-50(95)96)57(99)77-38(7)55(97)76-30-48(93)75-31-49(94)84-51)87-64(106)52(36(5)14-2)85-62(104)46-22-17-25-88(46)67(109)47-23-19-27-90(47)66(108)41(29-70(8,9)10)80-59(101)43(33-92)81-56(98)39(20-16-24-74-69(72)73)78-58(100)42(32-91)82-60(44)102/h35-47,51-54,91-92H,13-34H2,1-12H3,(H,75,93)(H,76,97)(H,77,99)(H,78,100)(H,79,103)(H,80,101)(H,81,98)(H,82,102)(H,83,105)(H,84,94)(H,85,104)(H,86,107)(H,87,106)(H,95,96)(H4,72,73,74)/t35-,36-,37-,38-,39-,40+,41-,42-,43-,44-,45-,46-,47-,51-,52-,53-,54+/m0/s1. The summed E-state index contributed by atoms with van der Waals surface area (Å²) in [6.07, 6.45) is 0.443. The number of carbonyl (C=O) groups is 17. The number of hydrogen-bond donors (Lipinski definition) is 18. The predicted octanol–water partition coefficient (Wildman–Crippen LogP) is -5.18. The number of aliphatic hydroxyl groups is 2. The largest absolute Gasteiger partial charge is 0.481 e. The van der Waals surface area contributed by atoms with Gasteiger partial charge in [0.2, 0.25) is 94.5 Å². The molecule has 41 heteroatoms. The molecule has 5 rings (SSSR count). The molecular formula is C71H117N19O20S2. The molecule has 16 amide bonds. The van der Waals surface area contributed by atoms with Crippen LogP contribution >= 0.6 is 21.6 Å². The third-order valence-electron chi connectivity index (χ3n) is 20.5. The minimum atomic E-state index is -1.96. The van der Waals surface area contributed by atoms with Crippen molar-refractivity contribution >= 4 is 128 Å². The molecule has 5 aliphatic heterocycles. The first-order chi connectivity index (χ1) is 52.6. The van der Waals surface area contributed by atoms with Gasteiger partial charge in [-0.05, 0) is 102 Å². The number of aliphatic hydroxyl groups excluding tert-OH is 2. The van der Waals surface area contributed by atoms with Crippen LogP contribution in [0.3, 0.4) is 0 Å². The van der Waals surface area contributed by atoms with E-state index < -0.39 is 251 Å². The number of rotatable bonds is 15. The van der Waals surface area contributed by atoms with Crippen LogP contribution in [-0.2, 0) is 81.5 Å². The molecule has 5 aliphatic rings. The fourth-order valence-corrected chi connectivity index (χ4v) is 16.3. The minimum Gasteiger partial charge on any atom is -0.481 e. The summed E-state index contributed by atoms with van der Waals surface area (Å²) >= 11 is 0. The number of carbonyl (C=O) groups excluding carboxylic acids is 16. The lowest BCUT2D eigenvalue weighted by molar-refractivity contribution is -0.148. The molecule has 39 nitrogen and oxygen atoms in total. The molecule has 5 saturated heterocycles. The number of nitrogens with two attached hydrogens (primary N) is 2. The molecule has 5 fully saturated rings. The van der Waals surface area contributed by atoms with Gasteiger partial charge in [0.1, 0.15) is 84.6 Å². The average molecular weight is 1620 g/mol. The highest BCUT2D eigenvalue weighted by Crippen LogP contribution is 2.39. The zero-order valence-corrected chi connectivity index (χ0v) is 67.5. The fourth-order valence-electron chi connectivity index (χ4n) is 13.5. The number of carboxylic acids is 1. The minimum absolute atomic E-state index is 0.00447. The normalized spacial score (nSPS) is 29.4. The zero-order chi connectivity index (χ0) is 83.8. The van der Waals surface area contributed by atoms with Crippen LogP contribution in [0.4, 0.5) is 0 Å². The molecule has 628 valence electrons. The van der Waals surface area contributed by atoms with Gasteiger partial charge in [-0.15, -0.1) is 0 Å². The molecule has 0 aromatic rings. The maximum Gasteiger partial charge on any atom is 0.305 e. The summed E-state index contributed by atoms with van der Waals surface area (Å²) in [5.41, 5.74) is 10.5. The SMILES string of the molecule is CC[C@H](C)[C@@H]1NC(=O)CNC(=O)CNC(=O)[C@H](C)NC(=O)[C@@H](CC(=O)O)NC(=O)[C@@H]2CCCN2C(=O)[C@H]([C@@H](C)CC)NC(=O)[C@H]2NC(=O)[C@H]([C@@H](C)CC)NC(=O)[C@@H]3CCCN3C(=O)[C@@H]3CCCN3C(=O)[C@H](CC(C)(C)C)NC(=O)[C@H](CO)NC(=O)[C@H](CCCN=C(N)N)NC(=O)[C@H](CO)NC(=O)[C@H](CSSC2(C)C)NC1=O. The molecule has 20 N–H and O–H groups in total. The first kappa shape index (κ1) is 93.5. The van der Waals surface area contributed by atoms with E-state index in [1.165, 1.54) is 35.5 Å². The summed E-state index contributed by atoms with van der Waals surface area (Å²) in [7, 11) is 1.69. The third-order valence-corrected chi connectivity index (χ3v) is 23.8. The van der Waals surface area contributed by atoms with Crippen molar-refractivity contribution < 1.29 is 96.8 Å². The molecule has 0 saturated carbocycles. The number of aliphatic carboxylic acids is 1. The number of nitrogens with zero attached hydrogens (tertiary/aromatic N) is 4. The van der Waals surface area contributed by atoms with Crippen molar-refractivity contribution in [3.63, 3.8) is 0 Å². The molecule has 112 heavy (non-hydrogen) atoms. The Kier molecular flexibility index (Phi) is 36.1. The van der Waals surface area contributed by atoms with E-state index in [1.807, 2.05) is 0 Å². The first-order valence-electron chi connectivity index (χ1n) is 38.2. The van der Waals surface area contributed by atoms with Gasteiger partial charge < -0.3 is 111 Å². The Hall–Kier alpha value is -9.12. The molecule has 0 aromatic carbocycles. The maximum absolute atomic E-state index is 15.7. The summed E-state index contributed by atoms with van der Waals surface area (Å²) in [6.45, 7) is 15.7. The lowest BCUT2D eigenvalue weighted by Gasteiger charge is -2.37. The molecule has 0 aliphatic carbocycles. The molecular weight excluding hydrogens is 1500 g/mol. The molecule has 17 atom stereocenters. The van der Waals surface area contributed by atoms with Gasteiger partial charge in [-0.25, -0.2) is 0 Å². The van der Waals surface area contributed by atoms with Crippen molar-refractivity contribution in [1.29, 1.82) is 0 Å². The van der Waals surface area contributed by atoms with Crippen LogP contribution in [0.25, 0.3) is 0 Å². The Morgan fingerprint density at radius 3 is 1.52 bits per heavy atom. The second kappa shape index (κ2) is 43.2. The maximum atomic E-state index is 15.7. The quantitative estimate of drug-likeness (QED) is 0.0315. The third kappa shape index (κ3) is 26.8. The van der Waals surface area contributed by atoms with E-state index in [9.17, 15) is 72.9 Å². The van der Waals surface area contributed by atoms with Crippen LogP contribution in [-0.4, -0.2) is 284 Å². The van der Waals surface area contributed by atoms with E-state index >= 15 is 24.0 Å². The molecule has 2 bridgehead atoms. The van der Waals surface area contributed by atoms with Gasteiger partial charge in [0.25, 0.3) is 0 Å². The number of carboxylic acid groups (broad SMARTS) is 1. The summed E-state index contributed by atoms with van der Waals surface area (Å²) in [6, 6.07) is -21.8. The van der Waals surface area contributed by atoms with E-state index in [0.29, 0.717) is 12.8 Å². The van der Waals surface area contributed by atoms with Crippen molar-refractivity contribution in [2.75, 3.05) is 58.2 Å². The second-order valence-corrected chi connectivity index (χ2v) is 33.9. The lowest BCUT2D eigenvalue weighted by atomic mass is 9.87. The molecule has 5 heterocycles. The number of aliphatic imine (C=N–C) groups is 1. The van der Waals surface area contributed by atoms with Crippen molar-refractivity contribution in [1.82, 2.24) is 83.8 Å². The average Bonchev–Trinajstić information content (AvgIpc) is 1.60. The van der Waals surface area contributed by atoms with Crippen LogP contribution in [0, 0.1) is 23.2 Å². The summed E-state index contributed by atoms with van der Waals surface area (Å²) in [5.74, 6) is -19.8. The fraction of sp³-hybridized carbons (Fsp3) is 0.746. The summed E-state index contributed by atoms with van der Waals surface area (Å²) in [5, 5.41) is 64.5. The van der Waals surface area contributed by atoms with Gasteiger partial charge in [0.15, 0.2) is 5.96 Å². The number of fused-ring (bicyclic) bond motifs is 8. The van der Waals surface area contributed by atoms with Gasteiger partial charge in [-0.1, -0.05) is 103 Å². The number of guanidine groups is 1. The molecule has 0 aromatic heterocycles. The Balaban J connectivity index is 1.73. The van der Waals surface area contributed by atoms with Crippen molar-refractivity contribution in [2.45, 2.75) is 256 Å². The van der Waals surface area contributed by atoms with E-state index in [-0.39, 0.29) is 96.3 Å². The highest BCUT2D eigenvalue weighted by molar-refractivity contribution is 8.77. The second-order valence-electron chi connectivity index (χ2n) is 30.9. The molecule has 0 unspecified atom stereocenters. The van der Waals surface area contributed by atoms with Crippen LogP contribution in [0.15, 0.2) is 4.99 Å². The van der Waals surface area contributed by atoms with Crippen LogP contribution in [0.2, 0.25) is 0 Å². The number of amides is 16. The van der Waals surface area contributed by atoms with Crippen LogP contribution in [0.1, 0.15) is 167 Å². The Morgan fingerprint density at radius 2 is 0.973 bits per heavy atom. The Bertz CT molecular complexity index is 3470. The predicted molar refractivity (Wildman–Crippen MR) is 410 cm³/mol.